The van der Waals surface area contributed by atoms with Crippen LogP contribution in [0.1, 0.15) is 0 Å². The van der Waals surface area contributed by atoms with Crippen molar-refractivity contribution in [3.63, 3.8) is 0 Å². The molecule has 0 aliphatic heterocycles. The SMILES string of the molecule is c1ccc2c(c1)oc1ccc3c4cc5c(c6cccc7c8ccccc8n5c76)c5c6ccccc6n(c3c12)c45. The molecule has 0 bridgehead atoms. The predicted octanol–water partition coefficient (Wildman–Crippen LogP) is 9.89. The molecule has 3 nitrogen and oxygen atoms in total. The van der Waals surface area contributed by atoms with Crippen molar-refractivity contribution in [2.24, 2.45) is 0 Å². The van der Waals surface area contributed by atoms with Gasteiger partial charge in [-0.3, -0.25) is 0 Å². The first kappa shape index (κ1) is 18.9. The van der Waals surface area contributed by atoms with Gasteiger partial charge in [0.05, 0.1) is 38.5 Å². The molecule has 0 saturated heterocycles. The van der Waals surface area contributed by atoms with Crippen molar-refractivity contribution >= 4 is 98.1 Å². The second-order valence-electron chi connectivity index (χ2n) is 10.9. The molecule has 0 fully saturated rings. The molecule has 0 aliphatic carbocycles. The van der Waals surface area contributed by atoms with E-state index in [0.717, 1.165) is 11.2 Å². The number of benzene rings is 6. The summed E-state index contributed by atoms with van der Waals surface area (Å²) < 4.78 is 11.4. The van der Waals surface area contributed by atoms with Gasteiger partial charge in [0.2, 0.25) is 0 Å². The molecule has 6 aromatic carbocycles. The first-order valence-electron chi connectivity index (χ1n) is 13.5. The quantitative estimate of drug-likeness (QED) is 0.206. The molecule has 11 rings (SSSR count). The first-order valence-corrected chi connectivity index (χ1v) is 13.5. The van der Waals surface area contributed by atoms with Crippen molar-refractivity contribution in [3.05, 3.63) is 109 Å². The molecule has 0 radical (unpaired) electrons. The Kier molecular flexibility index (Phi) is 2.93. The van der Waals surface area contributed by atoms with E-state index in [2.05, 4.69) is 112 Å². The van der Waals surface area contributed by atoms with Crippen LogP contribution in [-0.2, 0) is 0 Å². The van der Waals surface area contributed by atoms with Gasteiger partial charge >= 0.3 is 0 Å². The molecule has 0 spiro atoms. The maximum atomic E-state index is 6.35. The number of aromatic nitrogens is 2. The Balaban J connectivity index is 1.54. The summed E-state index contributed by atoms with van der Waals surface area (Å²) >= 11 is 0. The number of fused-ring (bicyclic) bond motifs is 17. The zero-order valence-electron chi connectivity index (χ0n) is 20.7. The molecule has 39 heavy (non-hydrogen) atoms. The van der Waals surface area contributed by atoms with Gasteiger partial charge in [0, 0.05) is 48.5 Å². The van der Waals surface area contributed by atoms with E-state index in [4.69, 9.17) is 4.42 Å². The van der Waals surface area contributed by atoms with E-state index in [1.807, 2.05) is 6.07 Å². The topological polar surface area (TPSA) is 22.0 Å². The van der Waals surface area contributed by atoms with Crippen molar-refractivity contribution in [2.45, 2.75) is 0 Å². The lowest BCUT2D eigenvalue weighted by molar-refractivity contribution is 0.669. The Morgan fingerprint density at radius 2 is 1.03 bits per heavy atom. The summed E-state index contributed by atoms with van der Waals surface area (Å²) in [5.74, 6) is 0. The zero-order chi connectivity index (χ0) is 25.0. The molecule has 0 aliphatic rings. The highest BCUT2D eigenvalue weighted by molar-refractivity contribution is 6.39. The fourth-order valence-electron chi connectivity index (χ4n) is 7.76. The Morgan fingerprint density at radius 3 is 1.92 bits per heavy atom. The molecular formula is C36H18N2O. The number of hydrogen-bond acceptors (Lipinski definition) is 1. The highest BCUT2D eigenvalue weighted by Crippen LogP contribution is 2.49. The summed E-state index contributed by atoms with van der Waals surface area (Å²) in [4.78, 5) is 0. The molecular weight excluding hydrogens is 476 g/mol. The average molecular weight is 495 g/mol. The predicted molar refractivity (Wildman–Crippen MR) is 163 cm³/mol. The Labute approximate surface area is 220 Å². The van der Waals surface area contributed by atoms with Gasteiger partial charge in [0.15, 0.2) is 0 Å². The second-order valence-corrected chi connectivity index (χ2v) is 10.9. The molecule has 0 N–H and O–H groups in total. The van der Waals surface area contributed by atoms with Crippen molar-refractivity contribution in [1.82, 2.24) is 8.80 Å². The highest BCUT2D eigenvalue weighted by atomic mass is 16.3. The minimum atomic E-state index is 0.933. The summed E-state index contributed by atoms with van der Waals surface area (Å²) in [5.41, 5.74) is 9.51. The molecule has 0 amide bonds. The molecule has 5 heterocycles. The highest BCUT2D eigenvalue weighted by Gasteiger charge is 2.26. The number of rotatable bonds is 0. The van der Waals surface area contributed by atoms with E-state index in [0.29, 0.717) is 0 Å². The molecule has 178 valence electrons. The van der Waals surface area contributed by atoms with Crippen LogP contribution in [-0.4, -0.2) is 8.80 Å². The maximum Gasteiger partial charge on any atom is 0.137 e. The fourth-order valence-corrected chi connectivity index (χ4v) is 7.76. The van der Waals surface area contributed by atoms with Gasteiger partial charge in [-0.2, -0.15) is 0 Å². The number of hydrogen-bond donors (Lipinski definition) is 0. The largest absolute Gasteiger partial charge is 0.456 e. The lowest BCUT2D eigenvalue weighted by atomic mass is 10.0. The normalized spacial score (nSPS) is 13.1. The average Bonchev–Trinajstić information content (AvgIpc) is 3.76. The molecule has 0 saturated carbocycles. The van der Waals surface area contributed by atoms with Gasteiger partial charge in [0.25, 0.3) is 0 Å². The van der Waals surface area contributed by atoms with Crippen LogP contribution >= 0.6 is 0 Å². The van der Waals surface area contributed by atoms with Crippen LogP contribution in [0.4, 0.5) is 0 Å². The van der Waals surface area contributed by atoms with Gasteiger partial charge in [-0.15, -0.1) is 0 Å². The van der Waals surface area contributed by atoms with Gasteiger partial charge in [-0.1, -0.05) is 72.8 Å². The molecule has 0 unspecified atom stereocenters. The smallest absolute Gasteiger partial charge is 0.137 e. The van der Waals surface area contributed by atoms with E-state index in [9.17, 15) is 0 Å². The Morgan fingerprint density at radius 1 is 0.359 bits per heavy atom. The van der Waals surface area contributed by atoms with Crippen LogP contribution in [0.15, 0.2) is 114 Å². The fraction of sp³-hybridized carbons (Fsp3) is 0. The van der Waals surface area contributed by atoms with Gasteiger partial charge in [0.1, 0.15) is 11.2 Å². The van der Waals surface area contributed by atoms with Crippen LogP contribution in [0, 0.1) is 0 Å². The molecule has 3 heteroatoms. The summed E-state index contributed by atoms with van der Waals surface area (Å²) in [7, 11) is 0. The monoisotopic (exact) mass is 494 g/mol. The third-order valence-electron chi connectivity index (χ3n) is 9.15. The lowest BCUT2D eigenvalue weighted by Gasteiger charge is -2.02. The van der Waals surface area contributed by atoms with Gasteiger partial charge in [-0.05, 0) is 36.4 Å². The van der Waals surface area contributed by atoms with E-state index >= 15 is 0 Å². The standard InChI is InChI=1S/C36H18N2O/c1-4-13-26-19(8-1)20-11-7-12-24-31-28(37(26)34(20)24)18-25-21-16-17-30-32(23-10-3-6-15-29(23)39-30)35(21)38-27-14-5-2-9-22(27)33(31)36(25)38/h1-18H. The van der Waals surface area contributed by atoms with Crippen molar-refractivity contribution in [1.29, 1.82) is 0 Å². The third-order valence-corrected chi connectivity index (χ3v) is 9.15. The Hall–Kier alpha value is -5.28. The number of nitrogens with zero attached hydrogens (tertiary/aromatic N) is 2. The molecule has 0 atom stereocenters. The summed E-state index contributed by atoms with van der Waals surface area (Å²) in [5, 5.41) is 12.9. The van der Waals surface area contributed by atoms with Gasteiger partial charge in [-0.25, -0.2) is 0 Å². The van der Waals surface area contributed by atoms with Crippen LogP contribution in [0.2, 0.25) is 0 Å². The molecule has 5 aromatic heterocycles. The van der Waals surface area contributed by atoms with Crippen LogP contribution in [0.5, 0.6) is 0 Å². The minimum absolute atomic E-state index is 0.933. The Bertz CT molecular complexity index is 2820. The summed E-state index contributed by atoms with van der Waals surface area (Å²) in [6.45, 7) is 0. The summed E-state index contributed by atoms with van der Waals surface area (Å²) in [6, 6.07) is 39.8. The number of furan rings is 1. The zero-order valence-corrected chi connectivity index (χ0v) is 20.7. The van der Waals surface area contributed by atoms with Crippen LogP contribution in [0.3, 0.4) is 0 Å². The number of para-hydroxylation sites is 4. The minimum Gasteiger partial charge on any atom is -0.456 e. The van der Waals surface area contributed by atoms with E-state index < -0.39 is 0 Å². The first-order chi connectivity index (χ1) is 19.4. The molecule has 11 aromatic rings. The van der Waals surface area contributed by atoms with Gasteiger partial charge < -0.3 is 13.2 Å². The van der Waals surface area contributed by atoms with Crippen LogP contribution < -0.4 is 0 Å². The van der Waals surface area contributed by atoms with Crippen molar-refractivity contribution in [3.8, 4) is 0 Å². The lowest BCUT2D eigenvalue weighted by Crippen LogP contribution is -1.81. The van der Waals surface area contributed by atoms with Crippen molar-refractivity contribution < 1.29 is 4.42 Å². The van der Waals surface area contributed by atoms with E-state index in [-0.39, 0.29) is 0 Å². The third kappa shape index (κ3) is 1.92. The van der Waals surface area contributed by atoms with E-state index in [1.165, 1.54) is 87.0 Å². The summed E-state index contributed by atoms with van der Waals surface area (Å²) in [6.07, 6.45) is 0. The van der Waals surface area contributed by atoms with Crippen molar-refractivity contribution in [2.75, 3.05) is 0 Å². The second kappa shape index (κ2) is 6.06. The maximum absolute atomic E-state index is 6.35. The van der Waals surface area contributed by atoms with E-state index in [1.54, 1.807) is 0 Å². The van der Waals surface area contributed by atoms with Crippen LogP contribution in [0.25, 0.3) is 98.1 Å².